The van der Waals surface area contributed by atoms with Crippen LogP contribution in [-0.4, -0.2) is 34.3 Å². The lowest BCUT2D eigenvalue weighted by molar-refractivity contribution is -0.122. The van der Waals surface area contributed by atoms with E-state index in [2.05, 4.69) is 5.92 Å². The summed E-state index contributed by atoms with van der Waals surface area (Å²) < 4.78 is 5.27. The summed E-state index contributed by atoms with van der Waals surface area (Å²) >= 11 is 6.73. The SMILES string of the molecule is C#CCN1C(=O)S/C(=C/c2cc(Cl)c(O)c(OCC)c2)C1=O. The summed E-state index contributed by atoms with van der Waals surface area (Å²) in [7, 11) is 0. The van der Waals surface area contributed by atoms with Crippen molar-refractivity contribution in [1.29, 1.82) is 0 Å². The number of hydrogen-bond acceptors (Lipinski definition) is 5. The van der Waals surface area contributed by atoms with E-state index in [1.54, 1.807) is 13.0 Å². The van der Waals surface area contributed by atoms with Crippen molar-refractivity contribution >= 4 is 40.6 Å². The van der Waals surface area contributed by atoms with Crippen LogP contribution in [-0.2, 0) is 4.79 Å². The molecule has 0 aliphatic carbocycles. The molecule has 5 nitrogen and oxygen atoms in total. The number of phenols is 1. The number of thioether (sulfide) groups is 1. The van der Waals surface area contributed by atoms with Crippen LogP contribution in [0.15, 0.2) is 17.0 Å². The van der Waals surface area contributed by atoms with Crippen molar-refractivity contribution in [2.45, 2.75) is 6.92 Å². The van der Waals surface area contributed by atoms with Crippen LogP contribution in [0.1, 0.15) is 12.5 Å². The minimum absolute atomic E-state index is 0.0669. The van der Waals surface area contributed by atoms with E-state index in [0.717, 1.165) is 16.7 Å². The molecule has 0 spiro atoms. The van der Waals surface area contributed by atoms with Gasteiger partial charge < -0.3 is 9.84 Å². The molecule has 0 atom stereocenters. The molecule has 0 radical (unpaired) electrons. The lowest BCUT2D eigenvalue weighted by atomic mass is 10.2. The Morgan fingerprint density at radius 1 is 1.50 bits per heavy atom. The third-order valence-corrected chi connectivity index (χ3v) is 3.97. The summed E-state index contributed by atoms with van der Waals surface area (Å²) in [6, 6.07) is 3.02. The number of amides is 2. The van der Waals surface area contributed by atoms with Crippen LogP contribution in [0.3, 0.4) is 0 Å². The van der Waals surface area contributed by atoms with E-state index in [0.29, 0.717) is 12.2 Å². The summed E-state index contributed by atoms with van der Waals surface area (Å²) in [5.41, 5.74) is 0.539. The molecule has 22 heavy (non-hydrogen) atoms. The van der Waals surface area contributed by atoms with E-state index >= 15 is 0 Å². The number of ether oxygens (including phenoxy) is 1. The molecule has 1 fully saturated rings. The quantitative estimate of drug-likeness (QED) is 0.675. The van der Waals surface area contributed by atoms with Crippen LogP contribution in [0.5, 0.6) is 11.5 Å². The number of carbonyl (C=O) groups excluding carboxylic acids is 2. The number of benzene rings is 1. The summed E-state index contributed by atoms with van der Waals surface area (Å²) in [6.07, 6.45) is 6.64. The van der Waals surface area contributed by atoms with Gasteiger partial charge in [-0.25, -0.2) is 0 Å². The van der Waals surface area contributed by atoms with E-state index in [9.17, 15) is 14.7 Å². The lowest BCUT2D eigenvalue weighted by Gasteiger charge is -2.09. The second-order valence-electron chi connectivity index (χ2n) is 4.25. The fraction of sp³-hybridized carbons (Fsp3) is 0.200. The van der Waals surface area contributed by atoms with Gasteiger partial charge in [0.25, 0.3) is 11.1 Å². The van der Waals surface area contributed by atoms with Gasteiger partial charge in [-0.05, 0) is 42.5 Å². The number of nitrogens with zero attached hydrogens (tertiary/aromatic N) is 1. The van der Waals surface area contributed by atoms with Crippen LogP contribution >= 0.6 is 23.4 Å². The van der Waals surface area contributed by atoms with Crippen molar-refractivity contribution < 1.29 is 19.4 Å². The Morgan fingerprint density at radius 3 is 2.86 bits per heavy atom. The topological polar surface area (TPSA) is 66.8 Å². The second kappa shape index (κ2) is 6.77. The van der Waals surface area contributed by atoms with Crippen molar-refractivity contribution in [2.24, 2.45) is 0 Å². The molecule has 0 bridgehead atoms. The minimum Gasteiger partial charge on any atom is -0.503 e. The van der Waals surface area contributed by atoms with Gasteiger partial charge in [0.1, 0.15) is 0 Å². The number of halogens is 1. The molecule has 0 aromatic heterocycles. The molecular weight excluding hydrogens is 326 g/mol. The Balaban J connectivity index is 2.36. The van der Waals surface area contributed by atoms with E-state index < -0.39 is 11.1 Å². The smallest absolute Gasteiger partial charge is 0.294 e. The fourth-order valence-electron chi connectivity index (χ4n) is 1.82. The van der Waals surface area contributed by atoms with Crippen LogP contribution in [0.25, 0.3) is 6.08 Å². The summed E-state index contributed by atoms with van der Waals surface area (Å²) in [5, 5.41) is 9.47. The molecule has 114 valence electrons. The standard InChI is InChI=1S/C15H12ClNO4S/c1-3-5-17-14(19)12(22-15(17)20)8-9-6-10(16)13(18)11(7-9)21-4-2/h1,6-8,18H,4-5H2,2H3/b12-8+. The highest BCUT2D eigenvalue weighted by Crippen LogP contribution is 2.38. The zero-order chi connectivity index (χ0) is 16.3. The molecule has 7 heteroatoms. The van der Waals surface area contributed by atoms with E-state index in [1.807, 2.05) is 0 Å². The van der Waals surface area contributed by atoms with Crippen molar-refractivity contribution in [3.05, 3.63) is 27.6 Å². The number of terminal acetylenes is 1. The Labute approximate surface area is 136 Å². The van der Waals surface area contributed by atoms with Crippen molar-refractivity contribution in [3.8, 4) is 23.8 Å². The zero-order valence-corrected chi connectivity index (χ0v) is 13.2. The van der Waals surface area contributed by atoms with E-state index in [4.69, 9.17) is 22.8 Å². The molecule has 1 aliphatic rings. The molecule has 1 N–H and O–H groups in total. The number of carbonyl (C=O) groups is 2. The Kier molecular flexibility index (Phi) is 5.01. The van der Waals surface area contributed by atoms with Gasteiger partial charge >= 0.3 is 0 Å². The predicted octanol–water partition coefficient (Wildman–Crippen LogP) is 3.11. The molecule has 1 aromatic rings. The van der Waals surface area contributed by atoms with Gasteiger partial charge in [-0.2, -0.15) is 0 Å². The largest absolute Gasteiger partial charge is 0.503 e. The summed E-state index contributed by atoms with van der Waals surface area (Å²) in [6.45, 7) is 2.06. The first-order valence-electron chi connectivity index (χ1n) is 6.32. The van der Waals surface area contributed by atoms with Gasteiger partial charge in [0.05, 0.1) is 23.1 Å². The lowest BCUT2D eigenvalue weighted by Crippen LogP contribution is -2.28. The molecule has 1 aromatic carbocycles. The van der Waals surface area contributed by atoms with Crippen molar-refractivity contribution in [3.63, 3.8) is 0 Å². The van der Waals surface area contributed by atoms with Crippen LogP contribution in [0.4, 0.5) is 4.79 Å². The number of hydrogen-bond donors (Lipinski definition) is 1. The molecule has 2 amide bonds. The van der Waals surface area contributed by atoms with E-state index in [1.165, 1.54) is 12.1 Å². The average Bonchev–Trinajstić information content (AvgIpc) is 2.72. The number of phenolic OH excluding ortho intramolecular Hbond substituents is 1. The highest BCUT2D eigenvalue weighted by atomic mass is 35.5. The number of aromatic hydroxyl groups is 1. The number of rotatable bonds is 4. The van der Waals surface area contributed by atoms with E-state index in [-0.39, 0.29) is 28.0 Å². The first-order valence-corrected chi connectivity index (χ1v) is 7.51. The fourth-order valence-corrected chi connectivity index (χ4v) is 2.88. The maximum Gasteiger partial charge on any atom is 0.294 e. The minimum atomic E-state index is -0.449. The van der Waals surface area contributed by atoms with Gasteiger partial charge in [-0.3, -0.25) is 14.5 Å². The molecule has 1 saturated heterocycles. The van der Waals surface area contributed by atoms with Gasteiger partial charge in [-0.1, -0.05) is 17.5 Å². The van der Waals surface area contributed by atoms with Gasteiger partial charge in [0.15, 0.2) is 11.5 Å². The van der Waals surface area contributed by atoms with Crippen LogP contribution in [0, 0.1) is 12.3 Å². The Morgan fingerprint density at radius 2 is 2.23 bits per heavy atom. The molecule has 1 aliphatic heterocycles. The third kappa shape index (κ3) is 3.21. The molecule has 0 saturated carbocycles. The summed E-state index contributed by atoms with van der Waals surface area (Å²) in [4.78, 5) is 25.0. The summed E-state index contributed by atoms with van der Waals surface area (Å²) in [5.74, 6) is 1.86. The van der Waals surface area contributed by atoms with Crippen LogP contribution in [0.2, 0.25) is 5.02 Å². The third-order valence-electron chi connectivity index (χ3n) is 2.77. The Hall–Kier alpha value is -2.10. The van der Waals surface area contributed by atoms with Gasteiger partial charge in [-0.15, -0.1) is 6.42 Å². The average molecular weight is 338 g/mol. The molecule has 1 heterocycles. The molecule has 2 rings (SSSR count). The normalized spacial score (nSPS) is 16.2. The van der Waals surface area contributed by atoms with Gasteiger partial charge in [0, 0.05) is 0 Å². The second-order valence-corrected chi connectivity index (χ2v) is 5.65. The van der Waals surface area contributed by atoms with Gasteiger partial charge in [0.2, 0.25) is 0 Å². The predicted molar refractivity (Wildman–Crippen MR) is 85.8 cm³/mol. The highest BCUT2D eigenvalue weighted by molar-refractivity contribution is 8.18. The van der Waals surface area contributed by atoms with Crippen molar-refractivity contribution in [2.75, 3.05) is 13.2 Å². The highest BCUT2D eigenvalue weighted by Gasteiger charge is 2.34. The monoisotopic (exact) mass is 337 g/mol. The van der Waals surface area contributed by atoms with Crippen LogP contribution < -0.4 is 4.74 Å². The van der Waals surface area contributed by atoms with Crippen molar-refractivity contribution in [1.82, 2.24) is 4.90 Å². The Bertz CT molecular complexity index is 708. The zero-order valence-electron chi connectivity index (χ0n) is 11.6. The maximum atomic E-state index is 12.1. The first-order chi connectivity index (χ1) is 10.5. The molecule has 0 unspecified atom stereocenters. The number of imide groups is 1. The maximum absolute atomic E-state index is 12.1. The molecular formula is C15H12ClNO4S. The first kappa shape index (κ1) is 16.3.